The van der Waals surface area contributed by atoms with Crippen LogP contribution < -0.4 is 9.80 Å². The molecule has 8 rings (SSSR count). The molecule has 2 fully saturated rings. The van der Waals surface area contributed by atoms with Crippen molar-refractivity contribution in [2.75, 3.05) is 23.5 Å². The lowest BCUT2D eigenvalue weighted by Gasteiger charge is -2.44. The van der Waals surface area contributed by atoms with Gasteiger partial charge in [-0.1, -0.05) is 47.6 Å². The number of benzene rings is 2. The largest absolute Gasteiger partial charge is 0.355 e. The Hall–Kier alpha value is -1.96. The van der Waals surface area contributed by atoms with E-state index in [1.54, 1.807) is 16.7 Å². The molecule has 0 radical (unpaired) electrons. The Kier molecular flexibility index (Phi) is 4.03. The summed E-state index contributed by atoms with van der Waals surface area (Å²) in [5.74, 6) is 3.56. The summed E-state index contributed by atoms with van der Waals surface area (Å²) in [6.45, 7) is 15.7. The molecule has 1 aliphatic heterocycles. The van der Waals surface area contributed by atoms with E-state index in [1.165, 1.54) is 54.7 Å². The molecule has 0 N–H and O–H groups in total. The second-order valence-electron chi connectivity index (χ2n) is 14.1. The van der Waals surface area contributed by atoms with Gasteiger partial charge in [-0.25, -0.2) is 0 Å². The average molecular weight is 455 g/mol. The fourth-order valence-electron chi connectivity index (χ4n) is 9.00. The van der Waals surface area contributed by atoms with Crippen molar-refractivity contribution in [1.82, 2.24) is 0 Å². The first-order chi connectivity index (χ1) is 16.0. The summed E-state index contributed by atoms with van der Waals surface area (Å²) >= 11 is 0. The summed E-state index contributed by atoms with van der Waals surface area (Å²) in [6, 6.07) is 12.6. The third-order valence-corrected chi connectivity index (χ3v) is 12.0. The lowest BCUT2D eigenvalue weighted by Crippen LogP contribution is -2.42. The van der Waals surface area contributed by atoms with Crippen LogP contribution in [0, 0.1) is 17.3 Å². The van der Waals surface area contributed by atoms with Crippen molar-refractivity contribution >= 4 is 17.1 Å². The van der Waals surface area contributed by atoms with Crippen molar-refractivity contribution in [3.05, 3.63) is 52.6 Å². The Morgan fingerprint density at radius 2 is 1.24 bits per heavy atom. The minimum absolute atomic E-state index is 0.141. The fourth-order valence-corrected chi connectivity index (χ4v) is 9.00. The lowest BCUT2D eigenvalue weighted by molar-refractivity contribution is 0.125. The van der Waals surface area contributed by atoms with Crippen LogP contribution >= 0.6 is 0 Å². The Morgan fingerprint density at radius 1 is 0.676 bits per heavy atom. The van der Waals surface area contributed by atoms with E-state index < -0.39 is 0 Å². The monoisotopic (exact) mass is 454 g/mol. The Bertz CT molecular complexity index is 1190. The molecule has 4 bridgehead atoms. The molecule has 2 unspecified atom stereocenters. The molecule has 34 heavy (non-hydrogen) atoms. The molecule has 180 valence electrons. The van der Waals surface area contributed by atoms with Crippen molar-refractivity contribution in [2.24, 2.45) is 17.3 Å². The summed E-state index contributed by atoms with van der Waals surface area (Å²) in [7, 11) is 2.29. The number of hydrogen-bond donors (Lipinski definition) is 0. The summed E-state index contributed by atoms with van der Waals surface area (Å²) in [4.78, 5) is 5.08. The van der Waals surface area contributed by atoms with Gasteiger partial charge in [-0.2, -0.15) is 0 Å². The molecule has 1 heterocycles. The predicted molar refractivity (Wildman–Crippen MR) is 144 cm³/mol. The smallest absolute Gasteiger partial charge is 0.0950 e. The van der Waals surface area contributed by atoms with E-state index >= 15 is 0 Å². The zero-order valence-corrected chi connectivity index (χ0v) is 22.3. The highest BCUT2D eigenvalue weighted by molar-refractivity contribution is 5.84. The van der Waals surface area contributed by atoms with Gasteiger partial charge in [0, 0.05) is 12.7 Å². The number of fused-ring (bicyclic) bond motifs is 2. The molecule has 2 heteroatoms. The van der Waals surface area contributed by atoms with Crippen LogP contribution in [-0.4, -0.2) is 13.7 Å². The highest BCUT2D eigenvalue weighted by Crippen LogP contribution is 2.62. The lowest BCUT2D eigenvalue weighted by atomic mass is 9.59. The molecule has 2 nitrogen and oxygen atoms in total. The van der Waals surface area contributed by atoms with Crippen molar-refractivity contribution in [3.8, 4) is 0 Å². The van der Waals surface area contributed by atoms with Crippen LogP contribution in [0.5, 0.6) is 0 Å². The van der Waals surface area contributed by atoms with Gasteiger partial charge in [-0.05, 0) is 119 Å². The molecule has 6 aliphatic rings. The van der Waals surface area contributed by atoms with Crippen molar-refractivity contribution in [2.45, 2.75) is 96.3 Å². The summed E-state index contributed by atoms with van der Waals surface area (Å²) in [5.41, 5.74) is 11.3. The highest BCUT2D eigenvalue weighted by atomic mass is 15.4. The van der Waals surface area contributed by atoms with E-state index in [0.717, 1.165) is 30.3 Å². The van der Waals surface area contributed by atoms with Gasteiger partial charge in [0.05, 0.1) is 18.0 Å². The zero-order chi connectivity index (χ0) is 23.8. The van der Waals surface area contributed by atoms with E-state index in [4.69, 9.17) is 0 Å². The Labute approximate surface area is 206 Å². The Morgan fingerprint density at radius 3 is 1.85 bits per heavy atom. The van der Waals surface area contributed by atoms with E-state index in [1.807, 2.05) is 0 Å². The minimum Gasteiger partial charge on any atom is -0.355 e. The SMILES string of the molecule is CN1CN(c2ccc3c(c2)C(C)(C)C(C)(C)C3(C)C)c2cc3c(cc21)C1CC2CC(C1)CC3C2. The molecule has 0 spiro atoms. The van der Waals surface area contributed by atoms with Crippen LogP contribution in [0.25, 0.3) is 0 Å². The number of hydrogen-bond acceptors (Lipinski definition) is 2. The van der Waals surface area contributed by atoms with Crippen LogP contribution in [0.3, 0.4) is 0 Å². The molecule has 5 aliphatic carbocycles. The Balaban J connectivity index is 1.34. The fraction of sp³-hybridized carbons (Fsp3) is 0.625. The van der Waals surface area contributed by atoms with Crippen molar-refractivity contribution in [3.63, 3.8) is 0 Å². The second kappa shape index (κ2) is 6.42. The molecule has 2 saturated carbocycles. The molecule has 2 aromatic rings. The number of anilines is 3. The van der Waals surface area contributed by atoms with Gasteiger partial charge < -0.3 is 9.80 Å². The third kappa shape index (κ3) is 2.48. The van der Waals surface area contributed by atoms with Crippen LogP contribution in [0.1, 0.15) is 108 Å². The maximum absolute atomic E-state index is 2.63. The summed E-state index contributed by atoms with van der Waals surface area (Å²) < 4.78 is 0. The molecule has 0 saturated heterocycles. The van der Waals surface area contributed by atoms with E-state index in [-0.39, 0.29) is 16.2 Å². The molecular weight excluding hydrogens is 412 g/mol. The maximum atomic E-state index is 2.63. The first-order valence-electron chi connectivity index (χ1n) is 13.8. The van der Waals surface area contributed by atoms with Crippen LogP contribution in [0.15, 0.2) is 30.3 Å². The van der Waals surface area contributed by atoms with Gasteiger partial charge in [0.25, 0.3) is 0 Å². The van der Waals surface area contributed by atoms with E-state index in [0.29, 0.717) is 0 Å². The van der Waals surface area contributed by atoms with Gasteiger partial charge in [0.2, 0.25) is 0 Å². The van der Waals surface area contributed by atoms with Gasteiger partial charge >= 0.3 is 0 Å². The first-order valence-corrected chi connectivity index (χ1v) is 13.8. The van der Waals surface area contributed by atoms with Crippen LogP contribution in [0.2, 0.25) is 0 Å². The minimum atomic E-state index is 0.141. The molecular formula is C32H42N2. The average Bonchev–Trinajstić information content (AvgIpc) is 3.07. The van der Waals surface area contributed by atoms with Crippen LogP contribution in [0.4, 0.5) is 17.1 Å². The van der Waals surface area contributed by atoms with Gasteiger partial charge in [-0.15, -0.1) is 0 Å². The van der Waals surface area contributed by atoms with Gasteiger partial charge in [0.15, 0.2) is 0 Å². The quantitative estimate of drug-likeness (QED) is 0.428. The highest BCUT2D eigenvalue weighted by Gasteiger charge is 2.56. The topological polar surface area (TPSA) is 6.48 Å². The summed E-state index contributed by atoms with van der Waals surface area (Å²) in [6.07, 6.45) is 7.26. The normalized spacial score (nSPS) is 33.0. The van der Waals surface area contributed by atoms with Crippen LogP contribution in [-0.2, 0) is 10.8 Å². The van der Waals surface area contributed by atoms with E-state index in [9.17, 15) is 0 Å². The van der Waals surface area contributed by atoms with Crippen molar-refractivity contribution in [1.29, 1.82) is 0 Å². The molecule has 2 aromatic carbocycles. The number of nitrogens with zero attached hydrogens (tertiary/aromatic N) is 2. The molecule has 0 amide bonds. The predicted octanol–water partition coefficient (Wildman–Crippen LogP) is 8.22. The van der Waals surface area contributed by atoms with Gasteiger partial charge in [0.1, 0.15) is 0 Å². The van der Waals surface area contributed by atoms with E-state index in [2.05, 4.69) is 88.7 Å². The maximum Gasteiger partial charge on any atom is 0.0950 e. The summed E-state index contributed by atoms with van der Waals surface area (Å²) in [5, 5.41) is 0. The third-order valence-electron chi connectivity index (χ3n) is 12.0. The van der Waals surface area contributed by atoms with Gasteiger partial charge in [-0.3, -0.25) is 0 Å². The standard InChI is InChI=1S/C32H42N2/c1-30(2)26-9-8-23(15-27(26)31(3,4)32(30,5)6)34-18-33(7)28-16-24-21-11-19-10-20(12-21)14-22(13-19)25(24)17-29(28)34/h8-9,15-17,19-22H,10-14,18H2,1-7H3. The van der Waals surface area contributed by atoms with Crippen molar-refractivity contribution < 1.29 is 0 Å². The molecule has 0 aromatic heterocycles. The number of rotatable bonds is 1. The zero-order valence-electron chi connectivity index (χ0n) is 22.3. The second-order valence-corrected chi connectivity index (χ2v) is 14.1. The first kappa shape index (κ1) is 21.3. The molecule has 2 atom stereocenters.